The maximum absolute atomic E-state index is 13.0. The molecular weight excluding hydrogens is 371 g/mol. The zero-order chi connectivity index (χ0) is 19.2. The lowest BCUT2D eigenvalue weighted by Crippen LogP contribution is -2.42. The quantitative estimate of drug-likeness (QED) is 0.795. The number of anilines is 2. The van der Waals surface area contributed by atoms with Gasteiger partial charge >= 0.3 is 10.2 Å². The van der Waals surface area contributed by atoms with Crippen LogP contribution in [0.5, 0.6) is 0 Å². The lowest BCUT2D eigenvalue weighted by atomic mass is 9.80. The summed E-state index contributed by atoms with van der Waals surface area (Å²) in [5.41, 5.74) is 0.418. The summed E-state index contributed by atoms with van der Waals surface area (Å²) in [6.07, 6.45) is -0.941. The molecule has 138 valence electrons. The number of amides is 1. The lowest BCUT2D eigenvalue weighted by molar-refractivity contribution is -0.120. The summed E-state index contributed by atoms with van der Waals surface area (Å²) in [6.45, 7) is 7.29. The van der Waals surface area contributed by atoms with E-state index in [-0.39, 0.29) is 24.6 Å². The number of carbonyl (C=O) groups is 1. The van der Waals surface area contributed by atoms with Crippen LogP contribution in [0.2, 0.25) is 0 Å². The highest BCUT2D eigenvalue weighted by atomic mass is 32.2. The molecule has 0 bridgehead atoms. The van der Waals surface area contributed by atoms with Gasteiger partial charge in [-0.25, -0.2) is 11.0 Å². The van der Waals surface area contributed by atoms with Crippen molar-refractivity contribution in [2.45, 2.75) is 18.0 Å². The number of para-hydroxylation sites is 1. The van der Waals surface area contributed by atoms with Crippen LogP contribution in [-0.4, -0.2) is 31.3 Å². The molecule has 2 heterocycles. The maximum Gasteiger partial charge on any atom is 0.307 e. The lowest BCUT2D eigenvalue weighted by Gasteiger charge is -2.21. The monoisotopic (exact) mass is 386 g/mol. The minimum atomic E-state index is -4.11. The average molecular weight is 386 g/mol. The predicted molar refractivity (Wildman–Crippen MR) is 97.4 cm³/mol. The third-order valence-corrected chi connectivity index (χ3v) is 6.45. The smallest absolute Gasteiger partial charge is 0.307 e. The normalized spacial score (nSPS) is 24.4. The maximum atomic E-state index is 13.0. The van der Waals surface area contributed by atoms with Gasteiger partial charge in [-0.05, 0) is 35.9 Å². The fourth-order valence-electron chi connectivity index (χ4n) is 3.66. The fraction of sp³-hybridized carbons (Fsp3) is 0.222. The highest BCUT2D eigenvalue weighted by molar-refractivity contribution is 7.90. The molecule has 2 N–H and O–H groups in total. The van der Waals surface area contributed by atoms with E-state index in [1.54, 1.807) is 24.3 Å². The summed E-state index contributed by atoms with van der Waals surface area (Å²) >= 11 is 0. The summed E-state index contributed by atoms with van der Waals surface area (Å²) in [5, 5.41) is 2.78. The molecule has 7 nitrogen and oxygen atoms in total. The van der Waals surface area contributed by atoms with E-state index >= 15 is 0 Å². The van der Waals surface area contributed by atoms with E-state index in [4.69, 9.17) is 6.57 Å². The van der Waals surface area contributed by atoms with Crippen molar-refractivity contribution >= 4 is 27.5 Å². The Morgan fingerprint density at radius 1 is 1.22 bits per heavy atom. The van der Waals surface area contributed by atoms with Crippen LogP contribution in [0.25, 0.3) is 4.85 Å². The van der Waals surface area contributed by atoms with Crippen LogP contribution in [0.3, 0.4) is 0 Å². The van der Waals surface area contributed by atoms with Crippen molar-refractivity contribution in [3.63, 3.8) is 0 Å². The molecule has 2 aliphatic heterocycles. The first kappa shape index (κ1) is 17.5. The van der Waals surface area contributed by atoms with Crippen LogP contribution in [0.15, 0.2) is 48.5 Å². The zero-order valence-electron chi connectivity index (χ0n) is 14.0. The van der Waals surface area contributed by atoms with Crippen LogP contribution in [0, 0.1) is 12.4 Å². The van der Waals surface area contributed by atoms with Gasteiger partial charge in [0.25, 0.3) is 6.17 Å². The molecule has 0 aromatic heterocycles. The molecule has 1 spiro atoms. The van der Waals surface area contributed by atoms with Crippen molar-refractivity contribution in [3.05, 3.63) is 71.3 Å². The number of benzene rings is 2. The average Bonchev–Trinajstić information content (AvgIpc) is 3.17. The van der Waals surface area contributed by atoms with E-state index in [2.05, 4.69) is 14.9 Å². The van der Waals surface area contributed by atoms with E-state index in [0.717, 1.165) is 16.4 Å². The first-order valence-corrected chi connectivity index (χ1v) is 9.62. The van der Waals surface area contributed by atoms with Crippen LogP contribution in [0.4, 0.5) is 15.8 Å². The highest BCUT2D eigenvalue weighted by Crippen LogP contribution is 2.47. The highest BCUT2D eigenvalue weighted by Gasteiger charge is 2.60. The van der Waals surface area contributed by atoms with E-state index in [9.17, 15) is 17.6 Å². The Labute approximate surface area is 155 Å². The second kappa shape index (κ2) is 6.04. The minimum Gasteiger partial charge on any atom is -0.325 e. The molecule has 1 fully saturated rings. The molecule has 2 aliphatic rings. The van der Waals surface area contributed by atoms with Gasteiger partial charge in [-0.1, -0.05) is 18.2 Å². The van der Waals surface area contributed by atoms with Gasteiger partial charge < -0.3 is 5.32 Å². The van der Waals surface area contributed by atoms with Gasteiger partial charge in [-0.2, -0.15) is 8.42 Å². The molecule has 0 saturated carbocycles. The molecule has 4 rings (SSSR count). The van der Waals surface area contributed by atoms with Crippen molar-refractivity contribution in [3.8, 4) is 0 Å². The number of nitrogens with one attached hydrogen (secondary N) is 2. The second-order valence-electron chi connectivity index (χ2n) is 6.55. The Bertz CT molecular complexity index is 1060. The van der Waals surface area contributed by atoms with E-state index < -0.39 is 27.6 Å². The number of nitrogens with zero attached hydrogens (tertiary/aromatic N) is 2. The summed E-state index contributed by atoms with van der Waals surface area (Å²) < 4.78 is 42.1. The summed E-state index contributed by atoms with van der Waals surface area (Å²) in [4.78, 5) is 16.1. The SMILES string of the molecule is [C-]#[N+][C@@H]1C[C@@]2(CN1S(=O)(=O)Nc1ccc(F)cc1)C(=O)Nc1ccccc12. The molecule has 27 heavy (non-hydrogen) atoms. The molecule has 2 atom stereocenters. The molecule has 0 unspecified atom stereocenters. The van der Waals surface area contributed by atoms with Crippen LogP contribution < -0.4 is 10.0 Å². The second-order valence-corrected chi connectivity index (χ2v) is 8.18. The van der Waals surface area contributed by atoms with Gasteiger partial charge in [0.05, 0.1) is 11.8 Å². The molecule has 9 heteroatoms. The molecule has 2 aromatic carbocycles. The van der Waals surface area contributed by atoms with Crippen molar-refractivity contribution in [1.29, 1.82) is 0 Å². The van der Waals surface area contributed by atoms with Gasteiger partial charge in [-0.3, -0.25) is 14.4 Å². The molecular formula is C18H15FN4O3S. The van der Waals surface area contributed by atoms with Crippen molar-refractivity contribution in [1.82, 2.24) is 4.31 Å². The molecule has 0 radical (unpaired) electrons. The third kappa shape index (κ3) is 2.74. The van der Waals surface area contributed by atoms with Crippen LogP contribution in [0.1, 0.15) is 12.0 Å². The largest absolute Gasteiger partial charge is 0.325 e. The van der Waals surface area contributed by atoms with Gasteiger partial charge in [0.15, 0.2) is 0 Å². The van der Waals surface area contributed by atoms with Gasteiger partial charge in [0, 0.05) is 17.9 Å². The predicted octanol–water partition coefficient (Wildman–Crippen LogP) is 2.32. The van der Waals surface area contributed by atoms with Gasteiger partial charge in [0.2, 0.25) is 5.91 Å². The van der Waals surface area contributed by atoms with E-state index in [1.807, 2.05) is 0 Å². The molecule has 0 aliphatic carbocycles. The third-order valence-electron chi connectivity index (χ3n) is 4.96. The Balaban J connectivity index is 1.69. The Morgan fingerprint density at radius 2 is 1.93 bits per heavy atom. The molecule has 2 aromatic rings. The van der Waals surface area contributed by atoms with Crippen molar-refractivity contribution < 1.29 is 17.6 Å². The van der Waals surface area contributed by atoms with Crippen molar-refractivity contribution in [2.24, 2.45) is 0 Å². The Kier molecular flexibility index (Phi) is 3.91. The van der Waals surface area contributed by atoms with Crippen molar-refractivity contribution in [2.75, 3.05) is 16.6 Å². The number of hydrogen-bond acceptors (Lipinski definition) is 3. The number of carbonyl (C=O) groups excluding carboxylic acids is 1. The Hall–Kier alpha value is -2.96. The van der Waals surface area contributed by atoms with E-state index in [1.165, 1.54) is 12.1 Å². The standard InChI is InChI=1S/C18H15FN4O3S/c1-20-16-10-18(14-4-2-3-5-15(14)21-17(18)24)11-23(16)27(25,26)22-13-8-6-12(19)7-9-13/h2-9,16,22H,10-11H2,(H,21,24)/t16-,18-/m0/s1. The van der Waals surface area contributed by atoms with Gasteiger partial charge in [0.1, 0.15) is 5.82 Å². The minimum absolute atomic E-state index is 0.0731. The fourth-order valence-corrected chi connectivity index (χ4v) is 5.05. The molecule has 1 amide bonds. The number of rotatable bonds is 3. The molecule has 1 saturated heterocycles. The number of hydrogen-bond donors (Lipinski definition) is 2. The number of halogens is 1. The Morgan fingerprint density at radius 3 is 2.63 bits per heavy atom. The van der Waals surface area contributed by atoms with Crippen LogP contribution >= 0.6 is 0 Å². The zero-order valence-corrected chi connectivity index (χ0v) is 14.8. The summed E-state index contributed by atoms with van der Waals surface area (Å²) in [5.74, 6) is -0.798. The topological polar surface area (TPSA) is 82.9 Å². The van der Waals surface area contributed by atoms with Gasteiger partial charge in [-0.15, -0.1) is 4.31 Å². The van der Waals surface area contributed by atoms with Crippen LogP contribution in [-0.2, 0) is 20.4 Å². The summed E-state index contributed by atoms with van der Waals surface area (Å²) in [7, 11) is -4.11. The van der Waals surface area contributed by atoms with E-state index in [0.29, 0.717) is 11.3 Å². The summed E-state index contributed by atoms with van der Waals surface area (Å²) in [6, 6.07) is 11.9. The first-order valence-electron chi connectivity index (χ1n) is 8.18. The first-order chi connectivity index (χ1) is 12.9. The number of fused-ring (bicyclic) bond motifs is 2.